The van der Waals surface area contributed by atoms with E-state index in [1.165, 1.54) is 0 Å². The Morgan fingerprint density at radius 1 is 0.774 bits per heavy atom. The molecule has 0 saturated heterocycles. The molecule has 0 aromatic carbocycles. The van der Waals surface area contributed by atoms with Gasteiger partial charge in [-0.1, -0.05) is 0 Å². The van der Waals surface area contributed by atoms with Crippen LogP contribution in [0, 0.1) is 13.3 Å². The zero-order chi connectivity index (χ0) is 22.5. The second-order valence-corrected chi connectivity index (χ2v) is 20.7. The van der Waals surface area contributed by atoms with E-state index in [9.17, 15) is 25.9 Å². The summed E-state index contributed by atoms with van der Waals surface area (Å²) in [7, 11) is -3.61. The summed E-state index contributed by atoms with van der Waals surface area (Å²) in [6, 6.07) is 0. The molecular formula is C14H22I2K2N4O6PdS2. The Balaban J connectivity index is -0.000000424. The first-order chi connectivity index (χ1) is 13.4. The second-order valence-electron chi connectivity index (χ2n) is 5.68. The molecular weight excluding hydrogens is 823 g/mol. The van der Waals surface area contributed by atoms with Crippen molar-refractivity contribution in [2.75, 3.05) is 38.7 Å². The Labute approximate surface area is 301 Å². The van der Waals surface area contributed by atoms with Gasteiger partial charge in [-0.15, -0.1) is 0 Å². The van der Waals surface area contributed by atoms with Crippen molar-refractivity contribution in [3.63, 3.8) is 0 Å². The van der Waals surface area contributed by atoms with Gasteiger partial charge in [0.15, 0.2) is 0 Å². The molecule has 0 spiro atoms. The van der Waals surface area contributed by atoms with Gasteiger partial charge in [-0.05, 0) is 12.8 Å². The van der Waals surface area contributed by atoms with Crippen LogP contribution in [0.1, 0.15) is 12.8 Å². The third-order valence-corrected chi connectivity index (χ3v) is 4.68. The summed E-state index contributed by atoms with van der Waals surface area (Å²) in [6.07, 6.45) is 7.81. The van der Waals surface area contributed by atoms with Gasteiger partial charge in [0.1, 0.15) is 0 Å². The van der Waals surface area contributed by atoms with E-state index in [4.69, 9.17) is 0 Å². The summed E-state index contributed by atoms with van der Waals surface area (Å²) in [4.78, 5) is 6.88. The summed E-state index contributed by atoms with van der Waals surface area (Å²) in [5.74, 6) is -0.633. The van der Waals surface area contributed by atoms with Crippen molar-refractivity contribution >= 4 is 59.3 Å². The van der Waals surface area contributed by atoms with Gasteiger partial charge in [0.25, 0.3) is 0 Å². The van der Waals surface area contributed by atoms with Crippen LogP contribution in [0.15, 0.2) is 24.8 Å². The van der Waals surface area contributed by atoms with Crippen molar-refractivity contribution in [3.05, 3.63) is 38.1 Å². The van der Waals surface area contributed by atoms with Gasteiger partial charge >= 0.3 is 153 Å². The van der Waals surface area contributed by atoms with E-state index in [1.54, 1.807) is 44.4 Å². The van der Waals surface area contributed by atoms with Crippen LogP contribution in [0.3, 0.4) is 0 Å². The van der Waals surface area contributed by atoms with Gasteiger partial charge in [-0.3, -0.25) is 0 Å². The average Bonchev–Trinajstić information content (AvgIpc) is 3.15. The minimum absolute atomic E-state index is 0. The monoisotopic (exact) mass is 844 g/mol. The average molecular weight is 845 g/mol. The van der Waals surface area contributed by atoms with Gasteiger partial charge < -0.3 is 28.7 Å². The SMILES string of the molecule is CN1[C]N(CCCS(=O)(=O)[O-])C=C1.CN1[C]N(CCCS(=O)(=O)[O-])C=C1.[I][Pd][I].[K+].[K+]. The molecule has 2 heterocycles. The number of hydrogen-bond donors (Lipinski definition) is 0. The zero-order valence-electron chi connectivity index (χ0n) is 17.7. The fraction of sp³-hybridized carbons (Fsp3) is 0.571. The van der Waals surface area contributed by atoms with Crippen LogP contribution < -0.4 is 103 Å². The molecule has 10 nitrogen and oxygen atoms in total. The molecule has 172 valence electrons. The molecule has 31 heavy (non-hydrogen) atoms. The normalized spacial score (nSPS) is 15.0. The van der Waals surface area contributed by atoms with E-state index in [2.05, 4.69) is 52.4 Å². The van der Waals surface area contributed by atoms with Crippen LogP contribution in [0.25, 0.3) is 0 Å². The Morgan fingerprint density at radius 3 is 1.26 bits per heavy atom. The Morgan fingerprint density at radius 2 is 1.06 bits per heavy atom. The Kier molecular flexibility index (Phi) is 27.9. The van der Waals surface area contributed by atoms with Crippen molar-refractivity contribution in [1.82, 2.24) is 19.6 Å². The third kappa shape index (κ3) is 26.8. The summed E-state index contributed by atoms with van der Waals surface area (Å²) in [6.45, 7) is 6.80. The summed E-state index contributed by atoms with van der Waals surface area (Å²) in [5.41, 5.74) is 0. The van der Waals surface area contributed by atoms with Crippen LogP contribution in [-0.4, -0.2) is 84.2 Å². The van der Waals surface area contributed by atoms with Gasteiger partial charge in [0, 0.05) is 63.5 Å². The molecule has 0 unspecified atom stereocenters. The van der Waals surface area contributed by atoms with Crippen LogP contribution in [0.5, 0.6) is 0 Å². The van der Waals surface area contributed by atoms with Crippen LogP contribution in [0.2, 0.25) is 0 Å². The minimum Gasteiger partial charge on any atom is 1.00 e. The topological polar surface area (TPSA) is 127 Å². The molecule has 0 aromatic heterocycles. The van der Waals surface area contributed by atoms with Gasteiger partial charge in [0.2, 0.25) is 13.3 Å². The van der Waals surface area contributed by atoms with Crippen molar-refractivity contribution in [2.45, 2.75) is 12.8 Å². The standard InChI is InChI=1S/2C7H12N2O3S.2HI.2K.Pd/c2*1-8-4-5-9(7-8)3-2-6-13(10,11)12;;;;;/h2*4-5H,2-3,6H2,1H3,(H,10,11,12);2*1H;;;/q;;;;2*+1;+2/p-4. The molecule has 2 rings (SSSR count). The molecule has 0 atom stereocenters. The maximum atomic E-state index is 10.2. The summed E-state index contributed by atoms with van der Waals surface area (Å²) in [5, 5.41) is 0. The maximum Gasteiger partial charge on any atom is 1.00 e. The third-order valence-electron chi connectivity index (χ3n) is 3.10. The fourth-order valence-corrected chi connectivity index (χ4v) is 2.94. The van der Waals surface area contributed by atoms with Crippen molar-refractivity contribution in [2.24, 2.45) is 0 Å². The predicted molar refractivity (Wildman–Crippen MR) is 120 cm³/mol. The first-order valence-electron chi connectivity index (χ1n) is 7.94. The van der Waals surface area contributed by atoms with Crippen molar-refractivity contribution < 1.29 is 139 Å². The van der Waals surface area contributed by atoms with Crippen LogP contribution in [0.4, 0.5) is 0 Å². The molecule has 0 amide bonds. The molecule has 0 N–H and O–H groups in total. The molecule has 0 bridgehead atoms. The van der Waals surface area contributed by atoms with E-state index in [0.29, 0.717) is 25.9 Å². The summed E-state index contributed by atoms with van der Waals surface area (Å²) < 4.78 is 61.5. The molecule has 0 aromatic rings. The first kappa shape index (κ1) is 39.4. The zero-order valence-corrected chi connectivity index (χ0v) is 31.4. The Hall–Kier alpha value is 3.90. The van der Waals surface area contributed by atoms with Gasteiger partial charge in [-0.25, -0.2) is 16.8 Å². The van der Waals surface area contributed by atoms with Gasteiger partial charge in [0.05, 0.1) is 20.2 Å². The van der Waals surface area contributed by atoms with Crippen molar-refractivity contribution in [3.8, 4) is 0 Å². The number of halogens is 2. The van der Waals surface area contributed by atoms with E-state index >= 15 is 0 Å². The molecule has 0 aliphatic carbocycles. The fourth-order valence-electron chi connectivity index (χ4n) is 1.97. The molecule has 4 radical (unpaired) electrons. The maximum absolute atomic E-state index is 10.2. The molecule has 0 saturated carbocycles. The number of hydrogen-bond acceptors (Lipinski definition) is 10. The van der Waals surface area contributed by atoms with E-state index in [1.807, 2.05) is 14.1 Å². The molecule has 2 aliphatic heterocycles. The first-order valence-corrected chi connectivity index (χ1v) is 20.3. The Bertz CT molecular complexity index is 674. The van der Waals surface area contributed by atoms with E-state index in [-0.39, 0.29) is 114 Å². The quantitative estimate of drug-likeness (QED) is 0.133. The van der Waals surface area contributed by atoms with Crippen molar-refractivity contribution in [1.29, 1.82) is 0 Å². The van der Waals surface area contributed by atoms with Crippen LogP contribution >= 0.6 is 39.0 Å². The smallest absolute Gasteiger partial charge is 1.00 e. The number of rotatable bonds is 8. The minimum atomic E-state index is -4.07. The molecule has 0 fully saturated rings. The molecule has 17 heteroatoms. The largest absolute Gasteiger partial charge is 1.00 e. The summed E-state index contributed by atoms with van der Waals surface area (Å²) >= 11 is 4.65. The van der Waals surface area contributed by atoms with Gasteiger partial charge in [-0.2, -0.15) is 0 Å². The van der Waals surface area contributed by atoms with E-state index in [0.717, 1.165) is 10.8 Å². The predicted octanol–water partition coefficient (Wildman–Crippen LogP) is -4.95. The van der Waals surface area contributed by atoms with Crippen LogP contribution in [-0.2, 0) is 31.0 Å². The van der Waals surface area contributed by atoms with E-state index < -0.39 is 20.2 Å². The second kappa shape index (κ2) is 21.9. The number of nitrogens with zero attached hydrogens (tertiary/aromatic N) is 4. The molecule has 2 aliphatic rings.